The maximum Gasteiger partial charge on any atom is 0.134 e. The van der Waals surface area contributed by atoms with Crippen LogP contribution in [0.15, 0.2) is 26.3 Å². The predicted molar refractivity (Wildman–Crippen MR) is 60.4 cm³/mol. The lowest BCUT2D eigenvalue weighted by atomic mass is 10.5. The molecule has 0 unspecified atom stereocenters. The lowest BCUT2D eigenvalue weighted by molar-refractivity contribution is 1.22. The predicted octanol–water partition coefficient (Wildman–Crippen LogP) is 3.92. The fraction of sp³-hybridized carbons (Fsp3) is 0. The van der Waals surface area contributed by atoms with Gasteiger partial charge in [-0.15, -0.1) is 35.3 Å². The minimum Gasteiger partial charge on any atom is -0.229 e. The zero-order valence-corrected chi connectivity index (χ0v) is 9.93. The van der Waals surface area contributed by atoms with E-state index in [-0.39, 0.29) is 0 Å². The van der Waals surface area contributed by atoms with Crippen LogP contribution in [0.2, 0.25) is 0 Å². The highest BCUT2D eigenvalue weighted by molar-refractivity contribution is 9.10. The number of halogens is 1. The number of hydrogen-bond acceptors (Lipinski definition) is 4. The molecule has 0 N–H and O–H groups in total. The lowest BCUT2D eigenvalue weighted by Crippen LogP contribution is -1.67. The van der Waals surface area contributed by atoms with Gasteiger partial charge in [0.1, 0.15) is 10.0 Å². The van der Waals surface area contributed by atoms with Crippen LogP contribution in [0.5, 0.6) is 0 Å². The van der Waals surface area contributed by atoms with Crippen molar-refractivity contribution in [3.63, 3.8) is 0 Å². The lowest BCUT2D eigenvalue weighted by Gasteiger charge is -1.84. The van der Waals surface area contributed by atoms with Gasteiger partial charge in [-0.2, -0.15) is 0 Å². The van der Waals surface area contributed by atoms with Gasteiger partial charge >= 0.3 is 0 Å². The molecule has 0 aromatic carbocycles. The molecule has 62 valence electrons. The van der Waals surface area contributed by atoms with Gasteiger partial charge in [0.2, 0.25) is 0 Å². The molecule has 1 nitrogen and oxygen atoms in total. The van der Waals surface area contributed by atoms with Crippen molar-refractivity contribution in [3.05, 3.63) is 21.3 Å². The van der Waals surface area contributed by atoms with E-state index in [1.165, 1.54) is 4.88 Å². The van der Waals surface area contributed by atoms with Crippen molar-refractivity contribution < 1.29 is 0 Å². The molecule has 0 fully saturated rings. The fourth-order valence-electron chi connectivity index (χ4n) is 0.804. The minimum absolute atomic E-state index is 0.791. The molecule has 2 heterocycles. The van der Waals surface area contributed by atoms with Crippen molar-refractivity contribution in [3.8, 4) is 9.88 Å². The van der Waals surface area contributed by atoms with E-state index >= 15 is 0 Å². The van der Waals surface area contributed by atoms with E-state index in [4.69, 9.17) is 0 Å². The molecular weight excluding hydrogens is 274 g/mol. The van der Waals surface area contributed by atoms with E-state index in [0.29, 0.717) is 0 Å². The highest BCUT2D eigenvalue weighted by Crippen LogP contribution is 2.32. The smallest absolute Gasteiger partial charge is 0.134 e. The van der Waals surface area contributed by atoms with Gasteiger partial charge in [-0.25, -0.2) is 4.98 Å². The summed E-state index contributed by atoms with van der Waals surface area (Å²) in [4.78, 5) is 5.45. The molecule has 0 amide bonds. The molecular formula is C7H4BrNS3. The first kappa shape index (κ1) is 8.74. The zero-order chi connectivity index (χ0) is 8.55. The normalized spacial score (nSPS) is 10.5. The van der Waals surface area contributed by atoms with Crippen LogP contribution in [0, 0.1) is 0 Å². The molecule has 12 heavy (non-hydrogen) atoms. The average Bonchev–Trinajstić information content (AvgIpc) is 2.58. The summed E-state index contributed by atoms with van der Waals surface area (Å²) in [5.74, 6) is 0. The van der Waals surface area contributed by atoms with Gasteiger partial charge in [0.15, 0.2) is 0 Å². The number of thiazole rings is 1. The first-order chi connectivity index (χ1) is 5.75. The van der Waals surface area contributed by atoms with Gasteiger partial charge in [0.25, 0.3) is 0 Å². The largest absolute Gasteiger partial charge is 0.229 e. The minimum atomic E-state index is 0.791. The summed E-state index contributed by atoms with van der Waals surface area (Å²) in [5, 5.41) is 5.82. The van der Waals surface area contributed by atoms with Crippen molar-refractivity contribution in [2.45, 2.75) is 5.03 Å². The number of nitrogens with zero attached hydrogens (tertiary/aromatic N) is 1. The zero-order valence-electron chi connectivity index (χ0n) is 5.82. The Kier molecular flexibility index (Phi) is 2.55. The summed E-state index contributed by atoms with van der Waals surface area (Å²) in [5.41, 5.74) is 0. The summed E-state index contributed by atoms with van der Waals surface area (Å²) in [7, 11) is 0. The molecule has 0 aliphatic rings. The first-order valence-corrected chi connectivity index (χ1v) is 6.14. The number of rotatable bonds is 1. The van der Waals surface area contributed by atoms with Gasteiger partial charge < -0.3 is 0 Å². The van der Waals surface area contributed by atoms with Crippen LogP contribution in [-0.2, 0) is 0 Å². The summed E-state index contributed by atoms with van der Waals surface area (Å²) in [6, 6.07) is 2.07. The number of aromatic nitrogens is 1. The topological polar surface area (TPSA) is 12.9 Å². The molecule has 0 aliphatic heterocycles. The number of thiol groups is 1. The Morgan fingerprint density at radius 2 is 2.17 bits per heavy atom. The van der Waals surface area contributed by atoms with Crippen molar-refractivity contribution in [1.82, 2.24) is 4.98 Å². The van der Waals surface area contributed by atoms with Crippen LogP contribution in [0.1, 0.15) is 0 Å². The third-order valence-electron chi connectivity index (χ3n) is 1.27. The van der Waals surface area contributed by atoms with E-state index in [0.717, 1.165) is 14.5 Å². The Morgan fingerprint density at radius 3 is 2.67 bits per heavy atom. The van der Waals surface area contributed by atoms with Crippen LogP contribution in [0.3, 0.4) is 0 Å². The molecule has 2 rings (SSSR count). The summed E-state index contributed by atoms with van der Waals surface area (Å²) in [6.07, 6.45) is 0. The second kappa shape index (κ2) is 3.49. The average molecular weight is 278 g/mol. The molecule has 2 aromatic rings. The first-order valence-electron chi connectivity index (χ1n) is 3.14. The van der Waals surface area contributed by atoms with Crippen LogP contribution >= 0.6 is 51.2 Å². The molecule has 0 radical (unpaired) electrons. The van der Waals surface area contributed by atoms with Gasteiger partial charge in [-0.05, 0) is 22.0 Å². The second-order valence-corrected chi connectivity index (χ2v) is 5.28. The fourth-order valence-corrected chi connectivity index (χ4v) is 3.32. The highest BCUT2D eigenvalue weighted by Gasteiger charge is 2.04. The summed E-state index contributed by atoms with van der Waals surface area (Å²) in [6.45, 7) is 0. The van der Waals surface area contributed by atoms with Crippen molar-refractivity contribution >= 4 is 51.2 Å². The molecule has 2 aromatic heterocycles. The van der Waals surface area contributed by atoms with Crippen LogP contribution in [0.25, 0.3) is 9.88 Å². The van der Waals surface area contributed by atoms with Crippen LogP contribution < -0.4 is 0 Å². The SMILES string of the molecule is Sc1csc(-c2cc(Br)cs2)n1. The quantitative estimate of drug-likeness (QED) is 0.780. The van der Waals surface area contributed by atoms with Crippen molar-refractivity contribution in [1.29, 1.82) is 0 Å². The van der Waals surface area contributed by atoms with Gasteiger partial charge in [-0.3, -0.25) is 0 Å². The molecule has 0 bridgehead atoms. The van der Waals surface area contributed by atoms with E-state index < -0.39 is 0 Å². The Balaban J connectivity index is 2.43. The van der Waals surface area contributed by atoms with Crippen LogP contribution in [-0.4, -0.2) is 4.98 Å². The van der Waals surface area contributed by atoms with E-state index in [1.807, 2.05) is 5.38 Å². The molecule has 5 heteroatoms. The molecule has 0 spiro atoms. The number of thiophene rings is 1. The molecule has 0 aliphatic carbocycles. The Hall–Kier alpha value is 0.160. The second-order valence-electron chi connectivity index (χ2n) is 2.14. The standard InChI is InChI=1S/C7H4BrNS3/c8-4-1-5(11-2-4)7-9-6(10)3-12-7/h1-3,10H. The van der Waals surface area contributed by atoms with E-state index in [2.05, 4.69) is 45.0 Å². The van der Waals surface area contributed by atoms with E-state index in [9.17, 15) is 0 Å². The number of hydrogen-bond donors (Lipinski definition) is 1. The van der Waals surface area contributed by atoms with Gasteiger partial charge in [0, 0.05) is 15.2 Å². The monoisotopic (exact) mass is 277 g/mol. The highest BCUT2D eigenvalue weighted by atomic mass is 79.9. The molecule has 0 saturated carbocycles. The maximum atomic E-state index is 4.27. The van der Waals surface area contributed by atoms with Gasteiger partial charge in [0.05, 0.1) is 4.88 Å². The van der Waals surface area contributed by atoms with E-state index in [1.54, 1.807) is 22.7 Å². The summed E-state index contributed by atoms with van der Waals surface area (Å²) < 4.78 is 1.11. The van der Waals surface area contributed by atoms with Gasteiger partial charge in [-0.1, -0.05) is 0 Å². The third kappa shape index (κ3) is 1.74. The van der Waals surface area contributed by atoms with Crippen LogP contribution in [0.4, 0.5) is 0 Å². The Bertz CT molecular complexity index is 355. The van der Waals surface area contributed by atoms with Crippen molar-refractivity contribution in [2.24, 2.45) is 0 Å². The Labute approximate surface area is 92.0 Å². The maximum absolute atomic E-state index is 4.27. The third-order valence-corrected chi connectivity index (χ3v) is 4.38. The molecule has 0 saturated heterocycles. The molecule has 0 atom stereocenters. The Morgan fingerprint density at radius 1 is 1.33 bits per heavy atom. The van der Waals surface area contributed by atoms with Crippen molar-refractivity contribution in [2.75, 3.05) is 0 Å². The summed E-state index contributed by atoms with van der Waals surface area (Å²) >= 11 is 10.9.